The first-order chi connectivity index (χ1) is 13.7. The zero-order valence-corrected chi connectivity index (χ0v) is 15.6. The van der Waals surface area contributed by atoms with Crippen molar-refractivity contribution in [2.75, 3.05) is 13.1 Å². The van der Waals surface area contributed by atoms with Gasteiger partial charge in [-0.25, -0.2) is 0 Å². The Hall–Kier alpha value is -3.25. The maximum absolute atomic E-state index is 12.8. The Balaban J connectivity index is 1.59. The van der Waals surface area contributed by atoms with E-state index >= 15 is 0 Å². The van der Waals surface area contributed by atoms with E-state index < -0.39 is 6.04 Å². The van der Waals surface area contributed by atoms with E-state index in [9.17, 15) is 9.90 Å². The summed E-state index contributed by atoms with van der Waals surface area (Å²) in [5.41, 5.74) is 3.05. The van der Waals surface area contributed by atoms with Crippen molar-refractivity contribution in [2.24, 2.45) is 0 Å². The van der Waals surface area contributed by atoms with Gasteiger partial charge < -0.3 is 15.7 Å². The number of rotatable bonds is 9. The molecule has 0 bridgehead atoms. The summed E-state index contributed by atoms with van der Waals surface area (Å²) in [6.07, 6.45) is 8.57. The minimum Gasteiger partial charge on any atom is -0.508 e. The van der Waals surface area contributed by atoms with Gasteiger partial charge in [-0.05, 0) is 59.9 Å². The number of phenolic OH excluding ortho intramolecular Hbond substituents is 1. The Morgan fingerprint density at radius 3 is 2.36 bits per heavy atom. The number of amides is 1. The number of benzene rings is 1. The van der Waals surface area contributed by atoms with Crippen LogP contribution in [0, 0.1) is 0 Å². The highest BCUT2D eigenvalue weighted by molar-refractivity contribution is 5.83. The Labute approximate surface area is 164 Å². The highest BCUT2D eigenvalue weighted by Crippen LogP contribution is 2.17. The maximum atomic E-state index is 12.8. The van der Waals surface area contributed by atoms with Gasteiger partial charge in [0.05, 0.1) is 0 Å². The second-order valence-electron chi connectivity index (χ2n) is 6.49. The number of nitrogens with one attached hydrogen (secondary N) is 2. The number of nitrogens with zero attached hydrogens (tertiary/aromatic N) is 2. The SMILES string of the molecule is O=C(NCCc1ccncc1)C(NCCc1cccnc1)c1ccc(O)cc1. The fraction of sp³-hybridized carbons (Fsp3) is 0.227. The minimum atomic E-state index is -0.491. The van der Waals surface area contributed by atoms with Crippen LogP contribution in [0.1, 0.15) is 22.7 Å². The molecule has 1 aromatic carbocycles. The van der Waals surface area contributed by atoms with Crippen molar-refractivity contribution in [1.82, 2.24) is 20.6 Å². The Morgan fingerprint density at radius 1 is 0.893 bits per heavy atom. The molecule has 0 spiro atoms. The topological polar surface area (TPSA) is 87.1 Å². The van der Waals surface area contributed by atoms with Crippen LogP contribution in [0.5, 0.6) is 5.75 Å². The lowest BCUT2D eigenvalue weighted by atomic mass is 10.0. The molecule has 3 aromatic rings. The molecule has 1 amide bonds. The number of hydrogen-bond donors (Lipinski definition) is 3. The van der Waals surface area contributed by atoms with E-state index in [1.165, 1.54) is 0 Å². The first-order valence-electron chi connectivity index (χ1n) is 9.30. The lowest BCUT2D eigenvalue weighted by Crippen LogP contribution is -2.39. The van der Waals surface area contributed by atoms with E-state index in [1.807, 2.05) is 30.5 Å². The lowest BCUT2D eigenvalue weighted by molar-refractivity contribution is -0.123. The van der Waals surface area contributed by atoms with Crippen molar-refractivity contribution in [3.8, 4) is 5.75 Å². The summed E-state index contributed by atoms with van der Waals surface area (Å²) in [6.45, 7) is 1.18. The van der Waals surface area contributed by atoms with Crippen molar-refractivity contribution in [2.45, 2.75) is 18.9 Å². The molecule has 3 N–H and O–H groups in total. The molecule has 28 heavy (non-hydrogen) atoms. The smallest absolute Gasteiger partial charge is 0.241 e. The average Bonchev–Trinajstić information content (AvgIpc) is 2.73. The predicted molar refractivity (Wildman–Crippen MR) is 108 cm³/mol. The number of hydrogen-bond acceptors (Lipinski definition) is 5. The van der Waals surface area contributed by atoms with Crippen LogP contribution in [0.4, 0.5) is 0 Å². The quantitative estimate of drug-likeness (QED) is 0.534. The molecule has 1 unspecified atom stereocenters. The molecule has 3 rings (SSSR count). The van der Waals surface area contributed by atoms with E-state index in [-0.39, 0.29) is 11.7 Å². The van der Waals surface area contributed by atoms with E-state index in [0.717, 1.165) is 29.5 Å². The number of carbonyl (C=O) groups excluding carboxylic acids is 1. The van der Waals surface area contributed by atoms with Crippen LogP contribution in [0.2, 0.25) is 0 Å². The van der Waals surface area contributed by atoms with Crippen LogP contribution in [0.15, 0.2) is 73.3 Å². The molecule has 0 aliphatic carbocycles. The van der Waals surface area contributed by atoms with Crippen LogP contribution in [0.25, 0.3) is 0 Å². The molecule has 0 saturated carbocycles. The monoisotopic (exact) mass is 376 g/mol. The molecule has 1 atom stereocenters. The zero-order valence-electron chi connectivity index (χ0n) is 15.6. The number of pyridine rings is 2. The summed E-state index contributed by atoms with van der Waals surface area (Å²) in [7, 11) is 0. The molecule has 0 aliphatic rings. The molecule has 2 heterocycles. The summed E-state index contributed by atoms with van der Waals surface area (Å²) in [5, 5.41) is 15.9. The number of aromatic nitrogens is 2. The van der Waals surface area contributed by atoms with Crippen LogP contribution >= 0.6 is 0 Å². The molecule has 0 saturated heterocycles. The van der Waals surface area contributed by atoms with Crippen LogP contribution in [-0.4, -0.2) is 34.1 Å². The Bertz CT molecular complexity index is 855. The van der Waals surface area contributed by atoms with E-state index in [0.29, 0.717) is 13.1 Å². The molecule has 2 aromatic heterocycles. The fourth-order valence-electron chi connectivity index (χ4n) is 2.92. The number of phenols is 1. The van der Waals surface area contributed by atoms with Gasteiger partial charge in [-0.2, -0.15) is 0 Å². The van der Waals surface area contributed by atoms with Crippen molar-refractivity contribution >= 4 is 5.91 Å². The number of carbonyl (C=O) groups is 1. The van der Waals surface area contributed by atoms with Crippen molar-refractivity contribution < 1.29 is 9.90 Å². The molecular formula is C22H24N4O2. The summed E-state index contributed by atoms with van der Waals surface area (Å²) in [6, 6.07) is 14.0. The van der Waals surface area contributed by atoms with Crippen LogP contribution < -0.4 is 10.6 Å². The van der Waals surface area contributed by atoms with Gasteiger partial charge in [0.25, 0.3) is 0 Å². The van der Waals surface area contributed by atoms with Crippen molar-refractivity contribution in [3.05, 3.63) is 90.0 Å². The van der Waals surface area contributed by atoms with Gasteiger partial charge in [0, 0.05) is 37.9 Å². The highest BCUT2D eigenvalue weighted by Gasteiger charge is 2.19. The average molecular weight is 376 g/mol. The molecule has 0 fully saturated rings. The Morgan fingerprint density at radius 2 is 1.64 bits per heavy atom. The van der Waals surface area contributed by atoms with Gasteiger partial charge >= 0.3 is 0 Å². The van der Waals surface area contributed by atoms with Crippen LogP contribution in [-0.2, 0) is 17.6 Å². The van der Waals surface area contributed by atoms with Gasteiger partial charge in [-0.15, -0.1) is 0 Å². The second kappa shape index (κ2) is 10.2. The van der Waals surface area contributed by atoms with E-state index in [1.54, 1.807) is 42.9 Å². The standard InChI is InChI=1S/C22H24N4O2/c27-20-5-3-19(4-6-20)21(25-14-10-18-2-1-11-24-16-18)22(28)26-15-9-17-7-12-23-13-8-17/h1-8,11-13,16,21,25,27H,9-10,14-15H2,(H,26,28). The molecule has 0 radical (unpaired) electrons. The van der Waals surface area contributed by atoms with Gasteiger partial charge in [0.2, 0.25) is 5.91 Å². The van der Waals surface area contributed by atoms with Gasteiger partial charge in [0.15, 0.2) is 0 Å². The zero-order chi connectivity index (χ0) is 19.6. The Kier molecular flexibility index (Phi) is 7.09. The predicted octanol–water partition coefficient (Wildman–Crippen LogP) is 2.41. The van der Waals surface area contributed by atoms with E-state index in [2.05, 4.69) is 20.6 Å². The highest BCUT2D eigenvalue weighted by atomic mass is 16.3. The largest absolute Gasteiger partial charge is 0.508 e. The third kappa shape index (κ3) is 5.89. The first-order valence-corrected chi connectivity index (χ1v) is 9.30. The summed E-state index contributed by atoms with van der Waals surface area (Å²) in [5.74, 6) is 0.0851. The maximum Gasteiger partial charge on any atom is 0.241 e. The van der Waals surface area contributed by atoms with Gasteiger partial charge in [0.1, 0.15) is 11.8 Å². The van der Waals surface area contributed by atoms with E-state index in [4.69, 9.17) is 0 Å². The fourth-order valence-corrected chi connectivity index (χ4v) is 2.92. The molecule has 6 nitrogen and oxygen atoms in total. The lowest BCUT2D eigenvalue weighted by Gasteiger charge is -2.19. The molecule has 144 valence electrons. The van der Waals surface area contributed by atoms with Crippen molar-refractivity contribution in [1.29, 1.82) is 0 Å². The normalized spacial score (nSPS) is 11.7. The second-order valence-corrected chi connectivity index (χ2v) is 6.49. The molecule has 6 heteroatoms. The third-order valence-corrected chi connectivity index (χ3v) is 4.44. The van der Waals surface area contributed by atoms with Crippen LogP contribution in [0.3, 0.4) is 0 Å². The van der Waals surface area contributed by atoms with Gasteiger partial charge in [-0.3, -0.25) is 14.8 Å². The first kappa shape index (κ1) is 19.5. The third-order valence-electron chi connectivity index (χ3n) is 4.44. The van der Waals surface area contributed by atoms with Gasteiger partial charge in [-0.1, -0.05) is 18.2 Å². The number of aromatic hydroxyl groups is 1. The minimum absolute atomic E-state index is 0.0917. The summed E-state index contributed by atoms with van der Waals surface area (Å²) < 4.78 is 0. The summed E-state index contributed by atoms with van der Waals surface area (Å²) in [4.78, 5) is 20.9. The molecule has 0 aliphatic heterocycles. The summed E-state index contributed by atoms with van der Waals surface area (Å²) >= 11 is 0. The molecular weight excluding hydrogens is 352 g/mol. The van der Waals surface area contributed by atoms with Crippen molar-refractivity contribution in [3.63, 3.8) is 0 Å².